The number of hydrogen-bond donors (Lipinski definition) is 0. The Morgan fingerprint density at radius 1 is 1.22 bits per heavy atom. The van der Waals surface area contributed by atoms with Crippen LogP contribution in [0.15, 0.2) is 42.5 Å². The van der Waals surface area contributed by atoms with E-state index in [1.54, 1.807) is 4.90 Å². The van der Waals surface area contributed by atoms with Gasteiger partial charge in [-0.25, -0.2) is 0 Å². The van der Waals surface area contributed by atoms with Crippen molar-refractivity contribution in [2.75, 3.05) is 13.1 Å². The van der Waals surface area contributed by atoms with Gasteiger partial charge in [-0.15, -0.1) is 0 Å². The van der Waals surface area contributed by atoms with Crippen molar-refractivity contribution in [2.45, 2.75) is 19.8 Å². The van der Waals surface area contributed by atoms with E-state index in [9.17, 15) is 4.79 Å². The molecule has 0 spiro atoms. The van der Waals surface area contributed by atoms with Gasteiger partial charge >= 0.3 is 0 Å². The van der Waals surface area contributed by atoms with Crippen LogP contribution in [-0.4, -0.2) is 33.7 Å². The van der Waals surface area contributed by atoms with E-state index in [1.807, 2.05) is 42.1 Å². The van der Waals surface area contributed by atoms with Crippen molar-refractivity contribution in [1.82, 2.24) is 14.7 Å². The quantitative estimate of drug-likeness (QED) is 0.697. The molecule has 4 rings (SSSR count). The molecule has 3 aromatic rings. The summed E-state index contributed by atoms with van der Waals surface area (Å²) in [6.45, 7) is 3.34. The molecule has 1 amide bonds. The zero-order valence-corrected chi connectivity index (χ0v) is 15.6. The molecular formula is C22H22N4O. The highest BCUT2D eigenvalue weighted by Crippen LogP contribution is 2.30. The van der Waals surface area contributed by atoms with Gasteiger partial charge in [0.15, 0.2) is 0 Å². The standard InChI is InChI=1S/C22H22N4O/c1-15-5-3-7-19-20(15)21(24-25(19)2)17-8-10-18(11-9-17)22(27)26-12-4-6-16(13-23)14-26/h3,5,7-11,16H,4,6,12,14H2,1-2H3/t16-/m0/s1. The van der Waals surface area contributed by atoms with Gasteiger partial charge < -0.3 is 4.90 Å². The van der Waals surface area contributed by atoms with E-state index in [1.165, 1.54) is 5.56 Å². The Bertz CT molecular complexity index is 1040. The number of nitrogens with zero attached hydrogens (tertiary/aromatic N) is 4. The molecule has 1 aromatic heterocycles. The Morgan fingerprint density at radius 2 is 2.00 bits per heavy atom. The van der Waals surface area contributed by atoms with Crippen LogP contribution in [0, 0.1) is 24.2 Å². The van der Waals surface area contributed by atoms with E-state index < -0.39 is 0 Å². The van der Waals surface area contributed by atoms with Crippen LogP contribution in [0.2, 0.25) is 0 Å². The summed E-state index contributed by atoms with van der Waals surface area (Å²) in [6.07, 6.45) is 1.77. The summed E-state index contributed by atoms with van der Waals surface area (Å²) in [5.41, 5.74) is 4.88. The maximum atomic E-state index is 12.8. The first-order valence-corrected chi connectivity index (χ1v) is 9.30. The van der Waals surface area contributed by atoms with Gasteiger partial charge in [0.05, 0.1) is 17.5 Å². The number of hydrogen-bond acceptors (Lipinski definition) is 3. The summed E-state index contributed by atoms with van der Waals surface area (Å²) in [5, 5.41) is 15.0. The first kappa shape index (κ1) is 17.3. The molecular weight excluding hydrogens is 336 g/mol. The second-order valence-corrected chi connectivity index (χ2v) is 7.24. The second-order valence-electron chi connectivity index (χ2n) is 7.24. The lowest BCUT2D eigenvalue weighted by molar-refractivity contribution is 0.0699. The van der Waals surface area contributed by atoms with Crippen LogP contribution >= 0.6 is 0 Å². The second kappa shape index (κ2) is 6.88. The summed E-state index contributed by atoms with van der Waals surface area (Å²) in [5.74, 6) is -0.0478. The van der Waals surface area contributed by atoms with Crippen molar-refractivity contribution in [2.24, 2.45) is 13.0 Å². The van der Waals surface area contributed by atoms with Crippen LogP contribution in [0.4, 0.5) is 0 Å². The van der Waals surface area contributed by atoms with Gasteiger partial charge in [-0.05, 0) is 43.5 Å². The minimum atomic E-state index is -0.0511. The SMILES string of the molecule is Cc1cccc2c1c(-c1ccc(C(=O)N3CCC[C@@H](C#N)C3)cc1)nn2C. The highest BCUT2D eigenvalue weighted by atomic mass is 16.2. The number of piperidine rings is 1. The van der Waals surface area contributed by atoms with Gasteiger partial charge in [-0.1, -0.05) is 24.3 Å². The average molecular weight is 358 g/mol. The molecule has 0 unspecified atom stereocenters. The molecule has 1 saturated heterocycles. The van der Waals surface area contributed by atoms with Crippen LogP contribution in [0.3, 0.4) is 0 Å². The van der Waals surface area contributed by atoms with Gasteiger partial charge in [0.1, 0.15) is 5.69 Å². The van der Waals surface area contributed by atoms with E-state index in [0.717, 1.165) is 41.5 Å². The van der Waals surface area contributed by atoms with Gasteiger partial charge in [0.25, 0.3) is 5.91 Å². The molecule has 0 aliphatic carbocycles. The molecule has 0 N–H and O–H groups in total. The summed E-state index contributed by atoms with van der Waals surface area (Å²) in [4.78, 5) is 14.6. The number of nitriles is 1. The van der Waals surface area contributed by atoms with E-state index in [2.05, 4.69) is 25.1 Å². The number of likely N-dealkylation sites (tertiary alicyclic amines) is 1. The van der Waals surface area contributed by atoms with Gasteiger partial charge in [0.2, 0.25) is 0 Å². The molecule has 1 atom stereocenters. The molecule has 5 nitrogen and oxygen atoms in total. The highest BCUT2D eigenvalue weighted by Gasteiger charge is 2.24. The van der Waals surface area contributed by atoms with E-state index in [4.69, 9.17) is 10.4 Å². The maximum Gasteiger partial charge on any atom is 0.253 e. The first-order chi connectivity index (χ1) is 13.1. The number of carbonyl (C=O) groups is 1. The number of rotatable bonds is 2. The van der Waals surface area contributed by atoms with Crippen molar-refractivity contribution in [3.05, 3.63) is 53.6 Å². The Hall–Kier alpha value is -3.13. The molecule has 1 fully saturated rings. The zero-order valence-electron chi connectivity index (χ0n) is 15.6. The third kappa shape index (κ3) is 3.08. The number of amides is 1. The number of aryl methyl sites for hydroxylation is 2. The summed E-state index contributed by atoms with van der Waals surface area (Å²) in [7, 11) is 1.95. The lowest BCUT2D eigenvalue weighted by Crippen LogP contribution is -2.39. The van der Waals surface area contributed by atoms with Gasteiger partial charge in [0, 0.05) is 36.7 Å². The molecule has 27 heavy (non-hydrogen) atoms. The lowest BCUT2D eigenvalue weighted by atomic mass is 9.98. The van der Waals surface area contributed by atoms with Crippen molar-refractivity contribution < 1.29 is 4.79 Å². The molecule has 5 heteroatoms. The fourth-order valence-corrected chi connectivity index (χ4v) is 3.91. The van der Waals surface area contributed by atoms with Crippen LogP contribution in [0.1, 0.15) is 28.8 Å². The van der Waals surface area contributed by atoms with Crippen LogP contribution in [-0.2, 0) is 7.05 Å². The molecule has 0 radical (unpaired) electrons. The van der Waals surface area contributed by atoms with Gasteiger partial charge in [-0.2, -0.15) is 10.4 Å². The van der Waals surface area contributed by atoms with Crippen LogP contribution in [0.25, 0.3) is 22.2 Å². The Kier molecular flexibility index (Phi) is 4.41. The lowest BCUT2D eigenvalue weighted by Gasteiger charge is -2.29. The Labute approximate surface area is 158 Å². The molecule has 2 heterocycles. The minimum absolute atomic E-state index is 0.00330. The average Bonchev–Trinajstić information content (AvgIpc) is 3.05. The van der Waals surface area contributed by atoms with Crippen molar-refractivity contribution in [3.63, 3.8) is 0 Å². The van der Waals surface area contributed by atoms with E-state index >= 15 is 0 Å². The molecule has 2 aromatic carbocycles. The Morgan fingerprint density at radius 3 is 2.74 bits per heavy atom. The first-order valence-electron chi connectivity index (χ1n) is 9.30. The largest absolute Gasteiger partial charge is 0.337 e. The van der Waals surface area contributed by atoms with E-state index in [0.29, 0.717) is 12.1 Å². The summed E-state index contributed by atoms with van der Waals surface area (Å²) in [6, 6.07) is 16.2. The monoisotopic (exact) mass is 358 g/mol. The third-order valence-electron chi connectivity index (χ3n) is 5.38. The fourth-order valence-electron chi connectivity index (χ4n) is 3.91. The predicted molar refractivity (Wildman–Crippen MR) is 105 cm³/mol. The number of aromatic nitrogens is 2. The zero-order chi connectivity index (χ0) is 19.0. The number of carbonyl (C=O) groups excluding carboxylic acids is 1. The smallest absolute Gasteiger partial charge is 0.253 e. The predicted octanol–water partition coefficient (Wildman–Crippen LogP) is 3.92. The summed E-state index contributed by atoms with van der Waals surface area (Å²) >= 11 is 0. The number of benzene rings is 2. The van der Waals surface area contributed by atoms with Crippen molar-refractivity contribution in [1.29, 1.82) is 5.26 Å². The molecule has 0 bridgehead atoms. The van der Waals surface area contributed by atoms with Gasteiger partial charge in [-0.3, -0.25) is 9.48 Å². The van der Waals surface area contributed by atoms with Crippen molar-refractivity contribution in [3.8, 4) is 17.3 Å². The van der Waals surface area contributed by atoms with E-state index in [-0.39, 0.29) is 11.8 Å². The molecule has 1 aliphatic rings. The van der Waals surface area contributed by atoms with Crippen LogP contribution < -0.4 is 0 Å². The molecule has 136 valence electrons. The topological polar surface area (TPSA) is 61.9 Å². The Balaban J connectivity index is 1.64. The number of fused-ring (bicyclic) bond motifs is 1. The molecule has 0 saturated carbocycles. The summed E-state index contributed by atoms with van der Waals surface area (Å²) < 4.78 is 1.90. The highest BCUT2D eigenvalue weighted by molar-refractivity contribution is 5.98. The van der Waals surface area contributed by atoms with Crippen LogP contribution in [0.5, 0.6) is 0 Å². The maximum absolute atomic E-state index is 12.8. The fraction of sp³-hybridized carbons (Fsp3) is 0.318. The minimum Gasteiger partial charge on any atom is -0.337 e. The normalized spacial score (nSPS) is 17.1. The molecule has 1 aliphatic heterocycles. The van der Waals surface area contributed by atoms with Crippen molar-refractivity contribution >= 4 is 16.8 Å². The third-order valence-corrected chi connectivity index (χ3v) is 5.38.